The molecule has 15 heavy (non-hydrogen) atoms. The number of hydrogen-bond donors (Lipinski definition) is 0. The minimum Gasteiger partial charge on any atom is -0.869 e. The highest BCUT2D eigenvalue weighted by atomic mass is 35.5. The molecule has 0 bridgehead atoms. The molecule has 0 fully saturated rings. The van der Waals surface area contributed by atoms with Crippen molar-refractivity contribution in [2.24, 2.45) is 0 Å². The predicted octanol–water partition coefficient (Wildman–Crippen LogP) is 1.14. The summed E-state index contributed by atoms with van der Waals surface area (Å²) >= 11 is 5.50. The van der Waals surface area contributed by atoms with E-state index in [0.29, 0.717) is 0 Å². The number of nitro groups is 1. The van der Waals surface area contributed by atoms with Crippen molar-refractivity contribution in [1.29, 1.82) is 0 Å². The Bertz CT molecular complexity index is 432. The SMILES string of the molecule is COc1cc([N+](=O)[O-])c(C=O)c(Cl)c1[O-]. The van der Waals surface area contributed by atoms with Gasteiger partial charge >= 0.3 is 0 Å². The minimum atomic E-state index is -0.808. The van der Waals surface area contributed by atoms with Crippen molar-refractivity contribution in [2.75, 3.05) is 7.11 Å². The van der Waals surface area contributed by atoms with E-state index in [1.165, 1.54) is 7.11 Å². The van der Waals surface area contributed by atoms with E-state index >= 15 is 0 Å². The van der Waals surface area contributed by atoms with Gasteiger partial charge in [-0.3, -0.25) is 14.9 Å². The highest BCUT2D eigenvalue weighted by Crippen LogP contribution is 2.38. The molecule has 0 saturated carbocycles. The van der Waals surface area contributed by atoms with Gasteiger partial charge in [-0.2, -0.15) is 0 Å². The van der Waals surface area contributed by atoms with Crippen LogP contribution in [0.4, 0.5) is 5.69 Å². The van der Waals surface area contributed by atoms with Crippen molar-refractivity contribution in [3.05, 3.63) is 26.8 Å². The van der Waals surface area contributed by atoms with E-state index in [2.05, 4.69) is 4.74 Å². The van der Waals surface area contributed by atoms with E-state index in [1.54, 1.807) is 0 Å². The summed E-state index contributed by atoms with van der Waals surface area (Å²) in [7, 11) is 1.18. The molecule has 0 amide bonds. The molecule has 0 radical (unpaired) electrons. The second-order valence-corrected chi connectivity index (χ2v) is 2.91. The number of carbonyl (C=O) groups is 1. The fourth-order valence-electron chi connectivity index (χ4n) is 1.03. The van der Waals surface area contributed by atoms with E-state index in [0.717, 1.165) is 6.07 Å². The van der Waals surface area contributed by atoms with Crippen LogP contribution in [0.5, 0.6) is 11.5 Å². The van der Waals surface area contributed by atoms with Crippen LogP contribution in [0.2, 0.25) is 5.02 Å². The van der Waals surface area contributed by atoms with Gasteiger partial charge in [-0.15, -0.1) is 0 Å². The van der Waals surface area contributed by atoms with Crippen LogP contribution in [0.1, 0.15) is 10.4 Å². The van der Waals surface area contributed by atoms with Crippen molar-refractivity contribution >= 4 is 23.6 Å². The number of methoxy groups -OCH3 is 1. The van der Waals surface area contributed by atoms with E-state index in [-0.39, 0.29) is 12.0 Å². The van der Waals surface area contributed by atoms with E-state index in [9.17, 15) is 20.0 Å². The van der Waals surface area contributed by atoms with Gasteiger partial charge < -0.3 is 9.84 Å². The molecular weight excluding hydrogens is 226 g/mol. The number of hydrogen-bond acceptors (Lipinski definition) is 5. The Hall–Kier alpha value is -1.82. The molecule has 1 aromatic carbocycles. The number of carbonyl (C=O) groups excluding carboxylic acids is 1. The van der Waals surface area contributed by atoms with Crippen molar-refractivity contribution in [3.63, 3.8) is 0 Å². The molecule has 0 unspecified atom stereocenters. The molecule has 0 spiro atoms. The third-order valence-electron chi connectivity index (χ3n) is 1.74. The third kappa shape index (κ3) is 1.84. The van der Waals surface area contributed by atoms with Gasteiger partial charge in [-0.05, 0) is 5.75 Å². The topological polar surface area (TPSA) is 92.5 Å². The van der Waals surface area contributed by atoms with Crippen LogP contribution in [-0.2, 0) is 0 Å². The van der Waals surface area contributed by atoms with Gasteiger partial charge in [0.15, 0.2) is 6.29 Å². The first-order valence-corrected chi connectivity index (χ1v) is 4.07. The van der Waals surface area contributed by atoms with Gasteiger partial charge in [-0.1, -0.05) is 11.6 Å². The molecule has 0 heterocycles. The van der Waals surface area contributed by atoms with Crippen molar-refractivity contribution in [2.45, 2.75) is 0 Å². The number of benzene rings is 1. The number of nitro benzene ring substituents is 1. The van der Waals surface area contributed by atoms with Crippen LogP contribution in [0.3, 0.4) is 0 Å². The van der Waals surface area contributed by atoms with Gasteiger partial charge in [0.05, 0.1) is 23.1 Å². The van der Waals surface area contributed by atoms with Crippen LogP contribution in [0.25, 0.3) is 0 Å². The number of nitrogens with zero attached hydrogens (tertiary/aromatic N) is 1. The average molecular weight is 231 g/mol. The van der Waals surface area contributed by atoms with Gasteiger partial charge in [0.1, 0.15) is 11.3 Å². The molecule has 7 heteroatoms. The maximum atomic E-state index is 11.3. The highest BCUT2D eigenvalue weighted by Gasteiger charge is 2.20. The Kier molecular flexibility index (Phi) is 3.11. The van der Waals surface area contributed by atoms with Crippen LogP contribution in [-0.4, -0.2) is 18.3 Å². The zero-order valence-corrected chi connectivity index (χ0v) is 8.28. The molecule has 0 saturated heterocycles. The molecule has 80 valence electrons. The monoisotopic (exact) mass is 230 g/mol. The third-order valence-corrected chi connectivity index (χ3v) is 2.11. The zero-order chi connectivity index (χ0) is 11.6. The summed E-state index contributed by atoms with van der Waals surface area (Å²) in [6.45, 7) is 0. The summed E-state index contributed by atoms with van der Waals surface area (Å²) in [5.41, 5.74) is -0.987. The second-order valence-electron chi connectivity index (χ2n) is 2.53. The quantitative estimate of drug-likeness (QED) is 0.441. The highest BCUT2D eigenvalue weighted by molar-refractivity contribution is 6.35. The molecule has 6 nitrogen and oxygen atoms in total. The van der Waals surface area contributed by atoms with Crippen LogP contribution < -0.4 is 9.84 Å². The van der Waals surface area contributed by atoms with E-state index < -0.39 is 26.9 Å². The summed E-state index contributed by atoms with van der Waals surface area (Å²) in [4.78, 5) is 20.3. The number of ether oxygens (including phenoxy) is 1. The van der Waals surface area contributed by atoms with Gasteiger partial charge in [0.2, 0.25) is 0 Å². The van der Waals surface area contributed by atoms with Crippen LogP contribution in [0, 0.1) is 10.1 Å². The lowest BCUT2D eigenvalue weighted by Gasteiger charge is -2.15. The van der Waals surface area contributed by atoms with Crippen molar-refractivity contribution in [3.8, 4) is 11.5 Å². The van der Waals surface area contributed by atoms with Crippen molar-refractivity contribution < 1.29 is 19.6 Å². The summed E-state index contributed by atoms with van der Waals surface area (Å²) < 4.78 is 4.60. The molecule has 1 rings (SSSR count). The van der Waals surface area contributed by atoms with Crippen LogP contribution in [0.15, 0.2) is 6.07 Å². The maximum absolute atomic E-state index is 11.3. The second kappa shape index (κ2) is 4.14. The predicted molar refractivity (Wildman–Crippen MR) is 49.5 cm³/mol. The summed E-state index contributed by atoms with van der Waals surface area (Å²) in [6.07, 6.45) is 0.168. The first kappa shape index (κ1) is 11.3. The Morgan fingerprint density at radius 2 is 2.20 bits per heavy atom. The Morgan fingerprint density at radius 1 is 1.60 bits per heavy atom. The maximum Gasteiger partial charge on any atom is 0.285 e. The Labute approximate surface area is 89.2 Å². The van der Waals surface area contributed by atoms with Gasteiger partial charge in [0.25, 0.3) is 5.69 Å². The van der Waals surface area contributed by atoms with Gasteiger partial charge in [-0.25, -0.2) is 0 Å². The lowest BCUT2D eigenvalue weighted by molar-refractivity contribution is -0.385. The molecule has 0 aromatic heterocycles. The number of rotatable bonds is 3. The number of aldehydes is 1. The molecule has 0 aliphatic rings. The van der Waals surface area contributed by atoms with Crippen molar-refractivity contribution in [1.82, 2.24) is 0 Å². The molecule has 0 N–H and O–H groups in total. The first-order valence-electron chi connectivity index (χ1n) is 3.70. The van der Waals surface area contributed by atoms with E-state index in [1.807, 2.05) is 0 Å². The normalized spacial score (nSPS) is 9.73. The zero-order valence-electron chi connectivity index (χ0n) is 7.52. The van der Waals surface area contributed by atoms with Crippen LogP contribution >= 0.6 is 11.6 Å². The fraction of sp³-hybridized carbons (Fsp3) is 0.125. The Balaban J connectivity index is 3.58. The standard InChI is InChI=1S/C8H6ClNO5/c1-15-6-2-5(10(13)14)4(3-11)7(9)8(6)12/h2-3,12H,1H3/p-1. The lowest BCUT2D eigenvalue weighted by Crippen LogP contribution is -2.02. The molecule has 1 aromatic rings. The first-order chi connectivity index (χ1) is 7.02. The molecular formula is C8H5ClNO5-. The molecule has 0 aliphatic carbocycles. The lowest BCUT2D eigenvalue weighted by atomic mass is 10.1. The largest absolute Gasteiger partial charge is 0.869 e. The minimum absolute atomic E-state index is 0.168. The summed E-state index contributed by atoms with van der Waals surface area (Å²) in [5, 5.41) is 21.4. The fourth-order valence-corrected chi connectivity index (χ4v) is 1.26. The Morgan fingerprint density at radius 3 is 2.60 bits per heavy atom. The van der Waals surface area contributed by atoms with Gasteiger partial charge in [0, 0.05) is 0 Å². The van der Waals surface area contributed by atoms with E-state index in [4.69, 9.17) is 11.6 Å². The average Bonchev–Trinajstić information content (AvgIpc) is 2.21. The smallest absolute Gasteiger partial charge is 0.285 e. The summed E-state index contributed by atoms with van der Waals surface area (Å²) in [5.74, 6) is -1.01. The summed E-state index contributed by atoms with van der Waals surface area (Å²) in [6, 6.07) is 0.873. The molecule has 0 aliphatic heterocycles. The molecule has 0 atom stereocenters. The number of halogens is 1.